The minimum absolute atomic E-state index is 0.256. The van der Waals surface area contributed by atoms with E-state index >= 15 is 0 Å². The van der Waals surface area contributed by atoms with Gasteiger partial charge in [-0.1, -0.05) is 0 Å². The van der Waals surface area contributed by atoms with Crippen molar-refractivity contribution in [3.8, 4) is 11.4 Å². The topological polar surface area (TPSA) is 72.2 Å². The van der Waals surface area contributed by atoms with E-state index in [0.29, 0.717) is 12.0 Å². The second kappa shape index (κ2) is 4.17. The Bertz CT molecular complexity index is 620. The van der Waals surface area contributed by atoms with Crippen molar-refractivity contribution in [1.82, 2.24) is 9.78 Å². The predicted molar refractivity (Wildman–Crippen MR) is 56.8 cm³/mol. The van der Waals surface area contributed by atoms with E-state index in [1.54, 1.807) is 0 Å². The summed E-state index contributed by atoms with van der Waals surface area (Å²) in [5.74, 6) is -0.931. The van der Waals surface area contributed by atoms with Gasteiger partial charge in [0.2, 0.25) is 0 Å². The van der Waals surface area contributed by atoms with E-state index in [4.69, 9.17) is 0 Å². The lowest BCUT2D eigenvalue weighted by atomic mass is 10.3. The lowest BCUT2D eigenvalue weighted by Crippen LogP contribution is -2.21. The third-order valence-electron chi connectivity index (χ3n) is 2.12. The average molecular weight is 234 g/mol. The van der Waals surface area contributed by atoms with Gasteiger partial charge in [0.25, 0.3) is 5.56 Å². The van der Waals surface area contributed by atoms with E-state index in [-0.39, 0.29) is 5.69 Å². The van der Waals surface area contributed by atoms with Crippen LogP contribution in [0.15, 0.2) is 35.1 Å². The second-order valence-corrected chi connectivity index (χ2v) is 3.26. The smallest absolute Gasteiger partial charge is 0.275 e. The molecule has 0 aliphatic heterocycles. The molecule has 0 aliphatic carbocycles. The Kier molecular flexibility index (Phi) is 2.70. The number of carbonyl (C=O) groups excluding carboxylic acids is 1. The summed E-state index contributed by atoms with van der Waals surface area (Å²) in [7, 11) is 0. The molecule has 0 saturated carbocycles. The highest BCUT2D eigenvalue weighted by Crippen LogP contribution is 2.10. The highest BCUT2D eigenvalue weighted by atomic mass is 19.1. The van der Waals surface area contributed by atoms with Gasteiger partial charge in [-0.25, -0.2) is 4.39 Å². The van der Waals surface area contributed by atoms with Crippen LogP contribution in [-0.2, 0) is 0 Å². The third kappa shape index (κ3) is 2.05. The fourth-order valence-corrected chi connectivity index (χ4v) is 1.31. The van der Waals surface area contributed by atoms with Gasteiger partial charge < -0.3 is 5.11 Å². The van der Waals surface area contributed by atoms with Crippen molar-refractivity contribution >= 4 is 6.29 Å². The summed E-state index contributed by atoms with van der Waals surface area (Å²) < 4.78 is 13.6. The molecule has 0 fully saturated rings. The highest BCUT2D eigenvalue weighted by molar-refractivity contribution is 5.75. The molecule has 17 heavy (non-hydrogen) atoms. The van der Waals surface area contributed by atoms with Crippen molar-refractivity contribution in [2.75, 3.05) is 0 Å². The number of aldehydes is 1. The molecule has 0 aliphatic rings. The maximum absolute atomic E-state index is 12.7. The summed E-state index contributed by atoms with van der Waals surface area (Å²) >= 11 is 0. The van der Waals surface area contributed by atoms with Crippen molar-refractivity contribution in [1.29, 1.82) is 0 Å². The van der Waals surface area contributed by atoms with Crippen LogP contribution in [0.1, 0.15) is 10.5 Å². The minimum atomic E-state index is -0.611. The SMILES string of the molecule is O=Cc1nn(-c2ccc(F)cc2)c(=O)cc1O. The normalized spacial score (nSPS) is 10.2. The van der Waals surface area contributed by atoms with Crippen LogP contribution in [0.5, 0.6) is 5.75 Å². The molecule has 1 heterocycles. The summed E-state index contributed by atoms with van der Waals surface area (Å²) in [5.41, 5.74) is -0.562. The number of hydrogen-bond acceptors (Lipinski definition) is 4. The summed E-state index contributed by atoms with van der Waals surface area (Å²) in [6.45, 7) is 0. The molecule has 1 N–H and O–H groups in total. The Morgan fingerprint density at radius 2 is 1.94 bits per heavy atom. The Morgan fingerprint density at radius 3 is 2.53 bits per heavy atom. The van der Waals surface area contributed by atoms with Gasteiger partial charge in [0, 0.05) is 6.07 Å². The molecule has 0 saturated heterocycles. The van der Waals surface area contributed by atoms with Crippen LogP contribution in [0, 0.1) is 5.82 Å². The maximum atomic E-state index is 12.7. The molecule has 2 aromatic rings. The molecule has 86 valence electrons. The van der Waals surface area contributed by atoms with E-state index in [9.17, 15) is 19.1 Å². The Hall–Kier alpha value is -2.50. The standard InChI is InChI=1S/C11H7FN2O3/c12-7-1-3-8(4-2-7)14-11(17)5-10(16)9(6-15)13-14/h1-6,16H. The number of benzene rings is 1. The minimum Gasteiger partial charge on any atom is -0.505 e. The Labute approximate surface area is 94.8 Å². The molecule has 0 spiro atoms. The molecule has 0 radical (unpaired) electrons. The fraction of sp³-hybridized carbons (Fsp3) is 0. The van der Waals surface area contributed by atoms with Crippen LogP contribution in [0.25, 0.3) is 5.69 Å². The van der Waals surface area contributed by atoms with Crippen molar-refractivity contribution in [2.45, 2.75) is 0 Å². The molecular weight excluding hydrogens is 227 g/mol. The Balaban J connectivity index is 2.63. The first kappa shape index (κ1) is 11.0. The number of nitrogens with zero attached hydrogens (tertiary/aromatic N) is 2. The predicted octanol–water partition coefficient (Wildman–Crippen LogP) is 0.890. The van der Waals surface area contributed by atoms with Gasteiger partial charge in [-0.2, -0.15) is 9.78 Å². The number of halogens is 1. The second-order valence-electron chi connectivity index (χ2n) is 3.26. The van der Waals surface area contributed by atoms with Gasteiger partial charge in [0.05, 0.1) is 5.69 Å². The van der Waals surface area contributed by atoms with Crippen molar-refractivity contribution in [3.05, 3.63) is 52.2 Å². The zero-order valence-corrected chi connectivity index (χ0v) is 8.50. The molecule has 5 nitrogen and oxygen atoms in total. The van der Waals surface area contributed by atoms with Gasteiger partial charge in [0.15, 0.2) is 17.7 Å². The first-order valence-electron chi connectivity index (χ1n) is 4.66. The van der Waals surface area contributed by atoms with E-state index < -0.39 is 17.1 Å². The zero-order chi connectivity index (χ0) is 12.4. The third-order valence-corrected chi connectivity index (χ3v) is 2.12. The molecule has 1 aromatic heterocycles. The van der Waals surface area contributed by atoms with E-state index in [1.165, 1.54) is 12.1 Å². The molecule has 0 unspecified atom stereocenters. The maximum Gasteiger partial charge on any atom is 0.275 e. The largest absolute Gasteiger partial charge is 0.505 e. The van der Waals surface area contributed by atoms with Crippen LogP contribution in [-0.4, -0.2) is 21.2 Å². The number of rotatable bonds is 2. The van der Waals surface area contributed by atoms with Gasteiger partial charge in [-0.05, 0) is 24.3 Å². The van der Waals surface area contributed by atoms with Crippen LogP contribution >= 0.6 is 0 Å². The highest BCUT2D eigenvalue weighted by Gasteiger charge is 2.08. The molecule has 0 amide bonds. The van der Waals surface area contributed by atoms with Crippen LogP contribution in [0.2, 0.25) is 0 Å². The van der Waals surface area contributed by atoms with Gasteiger partial charge in [0.1, 0.15) is 5.82 Å². The van der Waals surface area contributed by atoms with Gasteiger partial charge in [-0.3, -0.25) is 9.59 Å². The fourth-order valence-electron chi connectivity index (χ4n) is 1.31. The molecule has 0 bridgehead atoms. The zero-order valence-electron chi connectivity index (χ0n) is 8.50. The number of aromatic nitrogens is 2. The average Bonchev–Trinajstić information content (AvgIpc) is 2.31. The molecule has 2 rings (SSSR count). The van der Waals surface area contributed by atoms with Crippen LogP contribution in [0.4, 0.5) is 4.39 Å². The lowest BCUT2D eigenvalue weighted by molar-refractivity contribution is 0.111. The van der Waals surface area contributed by atoms with E-state index in [1.807, 2.05) is 0 Å². The first-order valence-corrected chi connectivity index (χ1v) is 4.66. The van der Waals surface area contributed by atoms with Crippen LogP contribution in [0.3, 0.4) is 0 Å². The number of aromatic hydroxyl groups is 1. The first-order chi connectivity index (χ1) is 8.11. The van der Waals surface area contributed by atoms with E-state index in [0.717, 1.165) is 22.9 Å². The Morgan fingerprint density at radius 1 is 1.29 bits per heavy atom. The van der Waals surface area contributed by atoms with Crippen molar-refractivity contribution < 1.29 is 14.3 Å². The lowest BCUT2D eigenvalue weighted by Gasteiger charge is -2.05. The van der Waals surface area contributed by atoms with Crippen LogP contribution < -0.4 is 5.56 Å². The number of hydrogen-bond donors (Lipinski definition) is 1. The molecular formula is C11H7FN2O3. The molecule has 0 atom stereocenters. The molecule has 6 heteroatoms. The number of carbonyl (C=O) groups is 1. The van der Waals surface area contributed by atoms with Gasteiger partial charge in [-0.15, -0.1) is 0 Å². The van der Waals surface area contributed by atoms with Crippen molar-refractivity contribution in [3.63, 3.8) is 0 Å². The summed E-state index contributed by atoms with van der Waals surface area (Å²) in [5, 5.41) is 12.9. The summed E-state index contributed by atoms with van der Waals surface area (Å²) in [6.07, 6.45) is 0.328. The summed E-state index contributed by atoms with van der Waals surface area (Å²) in [4.78, 5) is 22.1. The molecule has 1 aromatic carbocycles. The van der Waals surface area contributed by atoms with Gasteiger partial charge >= 0.3 is 0 Å². The quantitative estimate of drug-likeness (QED) is 0.783. The monoisotopic (exact) mass is 234 g/mol. The van der Waals surface area contributed by atoms with E-state index in [2.05, 4.69) is 5.10 Å². The summed E-state index contributed by atoms with van der Waals surface area (Å²) in [6, 6.07) is 5.89. The van der Waals surface area contributed by atoms with Crippen molar-refractivity contribution in [2.24, 2.45) is 0 Å².